The van der Waals surface area contributed by atoms with Crippen LogP contribution in [0.15, 0.2) is 49.3 Å². The first-order valence-corrected chi connectivity index (χ1v) is 28.4. The summed E-state index contributed by atoms with van der Waals surface area (Å²) in [6.07, 6.45) is -6.79. The molecule has 2 saturated heterocycles. The van der Waals surface area contributed by atoms with Gasteiger partial charge in [0.05, 0.1) is 24.3 Å². The minimum Gasteiger partial charge on any atom is -0.394 e. The predicted molar refractivity (Wildman–Crippen MR) is 291 cm³/mol. The first kappa shape index (κ1) is 63.5. The second-order valence-corrected chi connectivity index (χ2v) is 25.4. The maximum Gasteiger partial charge on any atom is 0.472 e. The molecule has 0 aromatic rings. The van der Waals surface area contributed by atoms with Crippen LogP contribution >= 0.6 is 7.82 Å². The smallest absolute Gasteiger partial charge is 0.394 e. The second kappa shape index (κ2) is 23.6. The molecular formula is C53H82N11O15P. The van der Waals surface area contributed by atoms with Crippen molar-refractivity contribution < 1.29 is 72.1 Å². The molecule has 80 heavy (non-hydrogen) atoms. The number of ether oxygens (including phenoxy) is 1. The number of carbonyl (C=O) groups is 7. The molecule has 0 saturated carbocycles. The Hall–Kier alpha value is -5.73. The van der Waals surface area contributed by atoms with Crippen molar-refractivity contribution in [3.05, 3.63) is 34.3 Å². The number of nitrogens with two attached hydrogens (primary N) is 6. The Morgan fingerprint density at radius 3 is 1.93 bits per heavy atom. The summed E-state index contributed by atoms with van der Waals surface area (Å²) in [7, 11) is -5.01. The lowest BCUT2D eigenvalue weighted by atomic mass is 9.55. The summed E-state index contributed by atoms with van der Waals surface area (Å²) in [5.74, 6) is -7.21. The van der Waals surface area contributed by atoms with Gasteiger partial charge >= 0.3 is 7.82 Å². The van der Waals surface area contributed by atoms with Gasteiger partial charge in [0.2, 0.25) is 41.4 Å². The quantitative estimate of drug-likeness (QED) is 0.0548. The molecule has 444 valence electrons. The monoisotopic (exact) mass is 1140 g/mol. The SMILES string of the molecule is CC1=C2N=C(C=C3N/C(=C(/C)C4=N[C@@](C)([C@@H]5N=C1[C@](C)(CCC(=O)NC[C@H](C)OP(=O)(O)O[C@@H]1[C@@H](O)[C@@H](O)O[C@@H]1CO)[C@H]5CC(N)=O)[C@@](C)(CC(N)=O)[C@@H]4CCC(N)=O)[C@@](C)(CC(N)=O)[C@@H]3CCC(N)=O)C(C)(C)[C@@H]2CCC(N)=O. The largest absolute Gasteiger partial charge is 0.472 e. The van der Waals surface area contributed by atoms with Gasteiger partial charge in [-0.2, -0.15) is 0 Å². The number of hydrogen-bond donors (Lipinski definition) is 12. The molecule has 7 amide bonds. The summed E-state index contributed by atoms with van der Waals surface area (Å²) in [4.78, 5) is 120. The third-order valence-electron chi connectivity index (χ3n) is 18.1. The van der Waals surface area contributed by atoms with E-state index >= 15 is 0 Å². The molecule has 0 aromatic heterocycles. The molecule has 15 atom stereocenters. The maximum absolute atomic E-state index is 14.1. The van der Waals surface area contributed by atoms with Gasteiger partial charge in [-0.1, -0.05) is 34.6 Å². The molecule has 6 aliphatic heterocycles. The van der Waals surface area contributed by atoms with Crippen molar-refractivity contribution in [2.45, 2.75) is 175 Å². The average Bonchev–Trinajstić information content (AvgIpc) is 4.19. The Labute approximate surface area is 465 Å². The second-order valence-electron chi connectivity index (χ2n) is 24.0. The van der Waals surface area contributed by atoms with E-state index in [0.29, 0.717) is 45.4 Å². The Morgan fingerprint density at radius 2 is 1.38 bits per heavy atom. The number of nitrogens with one attached hydrogen (secondary N) is 2. The number of carbonyl (C=O) groups excluding carboxylic acids is 7. The number of phosphoric ester groups is 1. The third kappa shape index (κ3) is 12.4. The lowest BCUT2D eigenvalue weighted by Gasteiger charge is -2.48. The van der Waals surface area contributed by atoms with Crippen LogP contribution in [0, 0.1) is 45.3 Å². The van der Waals surface area contributed by atoms with E-state index in [9.17, 15) is 58.3 Å². The van der Waals surface area contributed by atoms with Crippen molar-refractivity contribution in [1.29, 1.82) is 0 Å². The highest BCUT2D eigenvalue weighted by Gasteiger charge is 2.66. The molecule has 0 radical (unpaired) electrons. The Kier molecular flexibility index (Phi) is 18.7. The van der Waals surface area contributed by atoms with Crippen molar-refractivity contribution >= 4 is 66.3 Å². The van der Waals surface area contributed by atoms with E-state index in [1.807, 2.05) is 54.5 Å². The van der Waals surface area contributed by atoms with Crippen molar-refractivity contribution in [3.8, 4) is 0 Å². The number of nitrogens with zero attached hydrogens (tertiary/aromatic N) is 3. The number of allylic oxidation sites excluding steroid dienone is 6. The molecule has 8 bridgehead atoms. The van der Waals surface area contributed by atoms with Gasteiger partial charge < -0.3 is 70.0 Å². The van der Waals surface area contributed by atoms with Gasteiger partial charge in [-0.05, 0) is 70.6 Å². The molecule has 0 aromatic carbocycles. The van der Waals surface area contributed by atoms with E-state index in [0.717, 1.165) is 0 Å². The van der Waals surface area contributed by atoms with Gasteiger partial charge in [0, 0.05) is 131 Å². The van der Waals surface area contributed by atoms with E-state index < -0.39 is 143 Å². The van der Waals surface area contributed by atoms with Crippen LogP contribution in [0.25, 0.3) is 0 Å². The average molecular weight is 1140 g/mol. The summed E-state index contributed by atoms with van der Waals surface area (Å²) >= 11 is 0. The molecule has 6 aliphatic rings. The van der Waals surface area contributed by atoms with Crippen molar-refractivity contribution in [2.75, 3.05) is 13.2 Å². The fourth-order valence-corrected chi connectivity index (χ4v) is 14.9. The van der Waals surface area contributed by atoms with E-state index in [2.05, 4.69) is 10.6 Å². The molecule has 18 N–H and O–H groups in total. The summed E-state index contributed by atoms with van der Waals surface area (Å²) in [6.45, 7) is 15.2. The van der Waals surface area contributed by atoms with Gasteiger partial charge in [-0.25, -0.2) is 4.57 Å². The number of aliphatic hydroxyl groups excluding tert-OH is 3. The molecule has 26 nitrogen and oxygen atoms in total. The van der Waals surface area contributed by atoms with Gasteiger partial charge in [0.1, 0.15) is 18.3 Å². The number of phosphoric acid groups is 1. The lowest BCUT2D eigenvalue weighted by Crippen LogP contribution is -2.56. The molecular weight excluding hydrogens is 1060 g/mol. The first-order valence-electron chi connectivity index (χ1n) is 26.9. The van der Waals surface area contributed by atoms with Gasteiger partial charge in [-0.15, -0.1) is 0 Å². The zero-order chi connectivity index (χ0) is 60.0. The number of hydrogen-bond acceptors (Lipinski definition) is 18. The van der Waals surface area contributed by atoms with Crippen LogP contribution in [-0.4, -0.2) is 134 Å². The number of rotatable bonds is 25. The number of aliphatic imine (C=N–C) groups is 3. The summed E-state index contributed by atoms with van der Waals surface area (Å²) in [6, 6.07) is -1.04. The highest BCUT2D eigenvalue weighted by molar-refractivity contribution is 7.47. The van der Waals surface area contributed by atoms with Crippen LogP contribution in [0.5, 0.6) is 0 Å². The molecule has 2 fully saturated rings. The minimum absolute atomic E-state index is 0.0156. The number of amides is 7. The van der Waals surface area contributed by atoms with Crippen molar-refractivity contribution in [1.82, 2.24) is 10.6 Å². The fraction of sp³-hybridized carbons (Fsp3) is 0.698. The Balaban J connectivity index is 1.57. The van der Waals surface area contributed by atoms with Crippen LogP contribution in [0.2, 0.25) is 0 Å². The molecule has 0 spiro atoms. The van der Waals surface area contributed by atoms with Crippen LogP contribution in [-0.2, 0) is 51.9 Å². The fourth-order valence-electron chi connectivity index (χ4n) is 13.7. The maximum atomic E-state index is 14.1. The molecule has 0 aliphatic carbocycles. The van der Waals surface area contributed by atoms with Crippen LogP contribution in [0.1, 0.15) is 133 Å². The van der Waals surface area contributed by atoms with Gasteiger partial charge in [0.15, 0.2) is 6.29 Å². The summed E-state index contributed by atoms with van der Waals surface area (Å²) < 4.78 is 28.4. The highest BCUT2D eigenvalue weighted by atomic mass is 31.2. The molecule has 6 heterocycles. The van der Waals surface area contributed by atoms with E-state index in [1.165, 1.54) is 6.92 Å². The first-order chi connectivity index (χ1) is 37.0. The van der Waals surface area contributed by atoms with Crippen molar-refractivity contribution in [3.63, 3.8) is 0 Å². The van der Waals surface area contributed by atoms with Gasteiger partial charge in [-0.3, -0.25) is 57.6 Å². The molecule has 1 unspecified atom stereocenters. The predicted octanol–water partition coefficient (Wildman–Crippen LogP) is 0.316. The third-order valence-corrected chi connectivity index (χ3v) is 19.3. The van der Waals surface area contributed by atoms with Gasteiger partial charge in [0.25, 0.3) is 0 Å². The molecule has 6 rings (SSSR count). The minimum atomic E-state index is -5.01. The highest BCUT2D eigenvalue weighted by Crippen LogP contribution is 2.62. The topological polar surface area (TPSA) is 462 Å². The van der Waals surface area contributed by atoms with Crippen molar-refractivity contribution in [2.24, 2.45) is 94.7 Å². The van der Waals surface area contributed by atoms with E-state index in [-0.39, 0.29) is 77.2 Å². The lowest BCUT2D eigenvalue weighted by molar-refractivity contribution is -0.133. The summed E-state index contributed by atoms with van der Waals surface area (Å²) in [5, 5.41) is 36.1. The zero-order valence-corrected chi connectivity index (χ0v) is 48.0. The molecule has 27 heteroatoms. The number of aliphatic hydroxyl groups is 3. The van der Waals surface area contributed by atoms with E-state index in [4.69, 9.17) is 63.2 Å². The Bertz CT molecular complexity index is 2800. The number of fused-ring (bicyclic) bond motifs is 6. The van der Waals surface area contributed by atoms with Crippen LogP contribution in [0.4, 0.5) is 0 Å². The Morgan fingerprint density at radius 1 is 0.800 bits per heavy atom. The number of primary amides is 6. The van der Waals surface area contributed by atoms with Crippen LogP contribution < -0.4 is 45.0 Å². The summed E-state index contributed by atoms with van der Waals surface area (Å²) in [5.41, 5.74) is 33.9. The van der Waals surface area contributed by atoms with E-state index in [1.54, 1.807) is 6.92 Å². The van der Waals surface area contributed by atoms with Crippen LogP contribution in [0.3, 0.4) is 0 Å². The standard InChI is InChI=1S/C53H82N11O15P/c1-24(78-80(75,76)79-44-32(23-65)77-48(74)43(44)73)22-60-40(72)16-17-50(6)30(18-37(57)69)47-53(9)52(8,21-39(59)71)29(12-15-36(56)68)42(64-53)26(3)46-51(7,20-38(58)70)27(10-13-34(54)66)31(61-46)19-33-49(4,5)28(11-14-35(55)67)41(62-33)25(2)45(50)63-47/h19,24,27-30,32,43-44,47-48,61,65,73-74H,10-18,20-23H2,1-9H3,(H2,54,66)(H2,55,67)(H2,56,68)(H2,57,69)(H2,58,70)(H2,59,71)(H,60,72)(H,75,76)/b31-19?,41-25?,46-26-/t24-,27+,28+,29+,30-,32+,43+,44-,47+,48-,50+,51-,52-,53-/m0/s1. The zero-order valence-electron chi connectivity index (χ0n) is 47.1. The normalized spacial score (nSPS) is 35.4.